The van der Waals surface area contributed by atoms with Gasteiger partial charge in [-0.15, -0.1) is 0 Å². The molecule has 2 aromatic rings. The molecule has 0 fully saturated rings. The molecule has 2 rings (SSSR count). The van der Waals surface area contributed by atoms with Crippen LogP contribution in [-0.2, 0) is 10.0 Å². The number of anilines is 2. The van der Waals surface area contributed by atoms with Crippen LogP contribution in [0.4, 0.5) is 11.4 Å². The summed E-state index contributed by atoms with van der Waals surface area (Å²) in [6.07, 6.45) is 0. The first-order valence-corrected chi connectivity index (χ1v) is 8.51. The number of nitrogens with zero attached hydrogens (tertiary/aromatic N) is 1. The lowest BCUT2D eigenvalue weighted by Gasteiger charge is -2.15. The van der Waals surface area contributed by atoms with E-state index < -0.39 is 10.0 Å². The van der Waals surface area contributed by atoms with Gasteiger partial charge >= 0.3 is 0 Å². The number of sulfonamides is 1. The molecule has 0 bridgehead atoms. The normalized spacial score (nSPS) is 11.4. The highest BCUT2D eigenvalue weighted by atomic mass is 79.9. The summed E-state index contributed by atoms with van der Waals surface area (Å²) in [4.78, 5) is 4.39. The molecule has 0 saturated heterocycles. The second kappa shape index (κ2) is 5.65. The third-order valence-corrected chi connectivity index (χ3v) is 5.31. The summed E-state index contributed by atoms with van der Waals surface area (Å²) in [5.41, 5.74) is 8.50. The van der Waals surface area contributed by atoms with Crippen molar-refractivity contribution in [3.63, 3.8) is 0 Å². The van der Waals surface area contributed by atoms with Crippen LogP contribution >= 0.6 is 15.9 Å². The van der Waals surface area contributed by atoms with Crippen LogP contribution in [0.15, 0.2) is 33.8 Å². The first-order valence-electron chi connectivity index (χ1n) is 6.24. The number of aromatic nitrogens is 1. The van der Waals surface area contributed by atoms with E-state index in [0.717, 1.165) is 0 Å². The molecule has 0 amide bonds. The molecular weight excluding hydrogens is 354 g/mol. The molecule has 7 heteroatoms. The standard InChI is InChI=1S/C14H16BrN3O2S/c1-8-4-5-11(16)9(2)14(8)21(19,20)18-12-6-7-13(15)17-10(12)3/h4-7,18H,16H2,1-3H3. The van der Waals surface area contributed by atoms with Gasteiger partial charge in [0.2, 0.25) is 0 Å². The number of nitrogen functional groups attached to an aromatic ring is 1. The van der Waals surface area contributed by atoms with E-state index >= 15 is 0 Å². The summed E-state index contributed by atoms with van der Waals surface area (Å²) in [5, 5.41) is 0. The lowest BCUT2D eigenvalue weighted by atomic mass is 10.1. The summed E-state index contributed by atoms with van der Waals surface area (Å²) in [5.74, 6) is 0. The van der Waals surface area contributed by atoms with Gasteiger partial charge < -0.3 is 5.73 Å². The number of aryl methyl sites for hydroxylation is 2. The van der Waals surface area contributed by atoms with E-state index in [2.05, 4.69) is 25.6 Å². The smallest absolute Gasteiger partial charge is 0.262 e. The van der Waals surface area contributed by atoms with E-state index in [1.54, 1.807) is 45.0 Å². The van der Waals surface area contributed by atoms with Crippen LogP contribution in [0, 0.1) is 20.8 Å². The number of nitrogens with two attached hydrogens (primary N) is 1. The van der Waals surface area contributed by atoms with Gasteiger partial charge in [-0.25, -0.2) is 13.4 Å². The molecule has 21 heavy (non-hydrogen) atoms. The van der Waals surface area contributed by atoms with Crippen LogP contribution in [0.5, 0.6) is 0 Å². The Kier molecular flexibility index (Phi) is 4.25. The molecule has 0 radical (unpaired) electrons. The van der Waals surface area contributed by atoms with Crippen LogP contribution in [0.1, 0.15) is 16.8 Å². The van der Waals surface area contributed by atoms with Gasteiger partial charge in [0.1, 0.15) is 4.60 Å². The van der Waals surface area contributed by atoms with Crippen molar-refractivity contribution in [1.29, 1.82) is 0 Å². The lowest BCUT2D eigenvalue weighted by Crippen LogP contribution is -2.17. The largest absolute Gasteiger partial charge is 0.398 e. The first-order chi connectivity index (χ1) is 9.72. The van der Waals surface area contributed by atoms with Gasteiger partial charge in [-0.05, 0) is 66.0 Å². The highest BCUT2D eigenvalue weighted by molar-refractivity contribution is 9.10. The minimum atomic E-state index is -3.72. The van der Waals surface area contributed by atoms with Crippen LogP contribution in [0.2, 0.25) is 0 Å². The Morgan fingerprint density at radius 2 is 1.81 bits per heavy atom. The number of pyridine rings is 1. The van der Waals surface area contributed by atoms with Crippen LogP contribution < -0.4 is 10.5 Å². The molecule has 1 heterocycles. The van der Waals surface area contributed by atoms with Gasteiger partial charge in [0, 0.05) is 5.69 Å². The van der Waals surface area contributed by atoms with Gasteiger partial charge in [-0.1, -0.05) is 6.07 Å². The number of hydrogen-bond donors (Lipinski definition) is 2. The van der Waals surface area contributed by atoms with Gasteiger partial charge in [-0.2, -0.15) is 0 Å². The zero-order chi connectivity index (χ0) is 15.8. The highest BCUT2D eigenvalue weighted by Crippen LogP contribution is 2.27. The topological polar surface area (TPSA) is 85.1 Å². The molecule has 112 valence electrons. The molecular formula is C14H16BrN3O2S. The molecule has 0 spiro atoms. The van der Waals surface area contributed by atoms with Gasteiger partial charge in [-0.3, -0.25) is 4.72 Å². The lowest BCUT2D eigenvalue weighted by molar-refractivity contribution is 0.600. The molecule has 0 aliphatic heterocycles. The van der Waals surface area contributed by atoms with Gasteiger partial charge in [0.25, 0.3) is 10.0 Å². The molecule has 0 aliphatic rings. The first kappa shape index (κ1) is 15.8. The van der Waals surface area contributed by atoms with Crippen molar-refractivity contribution >= 4 is 37.3 Å². The number of benzene rings is 1. The third-order valence-electron chi connectivity index (χ3n) is 3.21. The maximum absolute atomic E-state index is 12.6. The third kappa shape index (κ3) is 3.19. The fourth-order valence-electron chi connectivity index (χ4n) is 2.09. The van der Waals surface area contributed by atoms with Crippen molar-refractivity contribution in [2.45, 2.75) is 25.7 Å². The maximum atomic E-state index is 12.6. The van der Waals surface area contributed by atoms with E-state index in [-0.39, 0.29) is 4.90 Å². The minimum absolute atomic E-state index is 0.213. The van der Waals surface area contributed by atoms with E-state index in [1.807, 2.05) is 0 Å². The second-order valence-electron chi connectivity index (χ2n) is 4.80. The van der Waals surface area contributed by atoms with Crippen molar-refractivity contribution in [2.75, 3.05) is 10.5 Å². The Bertz CT molecular complexity index is 804. The van der Waals surface area contributed by atoms with Crippen molar-refractivity contribution < 1.29 is 8.42 Å². The molecule has 0 aliphatic carbocycles. The summed E-state index contributed by atoms with van der Waals surface area (Å²) in [6, 6.07) is 6.75. The average molecular weight is 370 g/mol. The Morgan fingerprint density at radius 3 is 2.43 bits per heavy atom. The Balaban J connectivity index is 2.51. The molecule has 3 N–H and O–H groups in total. The molecule has 5 nitrogen and oxygen atoms in total. The predicted molar refractivity (Wildman–Crippen MR) is 87.8 cm³/mol. The van der Waals surface area contributed by atoms with Crippen molar-refractivity contribution in [3.8, 4) is 0 Å². The quantitative estimate of drug-likeness (QED) is 0.642. The second-order valence-corrected chi connectivity index (χ2v) is 7.23. The fraction of sp³-hybridized carbons (Fsp3) is 0.214. The van der Waals surface area contributed by atoms with Gasteiger partial charge in [0.15, 0.2) is 0 Å². The molecule has 0 unspecified atom stereocenters. The zero-order valence-corrected chi connectivity index (χ0v) is 14.3. The highest BCUT2D eigenvalue weighted by Gasteiger charge is 2.21. The SMILES string of the molecule is Cc1ccc(N)c(C)c1S(=O)(=O)Nc1ccc(Br)nc1C. The summed E-state index contributed by atoms with van der Waals surface area (Å²) in [6.45, 7) is 5.18. The van der Waals surface area contributed by atoms with Crippen molar-refractivity contribution in [3.05, 3.63) is 45.7 Å². The van der Waals surface area contributed by atoms with Crippen molar-refractivity contribution in [1.82, 2.24) is 4.98 Å². The number of nitrogens with one attached hydrogen (secondary N) is 1. The van der Waals surface area contributed by atoms with Crippen molar-refractivity contribution in [2.24, 2.45) is 0 Å². The molecule has 1 aromatic heterocycles. The van der Waals surface area contributed by atoms with E-state index in [9.17, 15) is 8.42 Å². The van der Waals surface area contributed by atoms with E-state index in [4.69, 9.17) is 5.73 Å². The monoisotopic (exact) mass is 369 g/mol. The Morgan fingerprint density at radius 1 is 1.14 bits per heavy atom. The average Bonchev–Trinajstić information content (AvgIpc) is 2.37. The Hall–Kier alpha value is -1.60. The van der Waals surface area contributed by atoms with E-state index in [1.165, 1.54) is 0 Å². The van der Waals surface area contributed by atoms with Crippen LogP contribution in [-0.4, -0.2) is 13.4 Å². The van der Waals surface area contributed by atoms with Gasteiger partial charge in [0.05, 0.1) is 16.3 Å². The minimum Gasteiger partial charge on any atom is -0.398 e. The zero-order valence-electron chi connectivity index (χ0n) is 11.9. The molecule has 1 aromatic carbocycles. The summed E-state index contributed by atoms with van der Waals surface area (Å²) < 4.78 is 28.5. The number of halogens is 1. The number of hydrogen-bond acceptors (Lipinski definition) is 4. The summed E-state index contributed by atoms with van der Waals surface area (Å²) >= 11 is 3.25. The maximum Gasteiger partial charge on any atom is 0.262 e. The van der Waals surface area contributed by atoms with Crippen LogP contribution in [0.3, 0.4) is 0 Å². The molecule has 0 saturated carbocycles. The van der Waals surface area contributed by atoms with E-state index in [0.29, 0.717) is 32.8 Å². The number of rotatable bonds is 3. The Labute approximate surface area is 132 Å². The predicted octanol–water partition coefficient (Wildman–Crippen LogP) is 3.15. The summed E-state index contributed by atoms with van der Waals surface area (Å²) in [7, 11) is -3.72. The van der Waals surface area contributed by atoms with Crippen LogP contribution in [0.25, 0.3) is 0 Å². The molecule has 0 atom stereocenters. The fourth-order valence-corrected chi connectivity index (χ4v) is 4.11.